The minimum atomic E-state index is -0.468. The molecule has 0 spiro atoms. The van der Waals surface area contributed by atoms with E-state index in [9.17, 15) is 9.18 Å². The summed E-state index contributed by atoms with van der Waals surface area (Å²) in [6.45, 7) is 1.29. The summed E-state index contributed by atoms with van der Waals surface area (Å²) in [6.07, 6.45) is 2.44. The second kappa shape index (κ2) is 7.37. The van der Waals surface area contributed by atoms with E-state index in [0.717, 1.165) is 6.42 Å². The van der Waals surface area contributed by atoms with Crippen LogP contribution >= 0.6 is 11.6 Å². The Bertz CT molecular complexity index is 991. The fourth-order valence-electron chi connectivity index (χ4n) is 3.17. The van der Waals surface area contributed by atoms with Crippen molar-refractivity contribution in [2.24, 2.45) is 0 Å². The second-order valence-electron chi connectivity index (χ2n) is 6.43. The highest BCUT2D eigenvalue weighted by Crippen LogP contribution is 2.23. The largest absolute Gasteiger partial charge is 0.354 e. The fraction of sp³-hybridized carbons (Fsp3) is 0.143. The first-order chi connectivity index (χ1) is 13.1. The lowest BCUT2D eigenvalue weighted by Gasteiger charge is -2.28. The Balaban J connectivity index is 1.46. The minimum Gasteiger partial charge on any atom is -0.354 e. The summed E-state index contributed by atoms with van der Waals surface area (Å²) in [5.74, 6) is -0.551. The van der Waals surface area contributed by atoms with Gasteiger partial charge in [0, 0.05) is 18.8 Å². The van der Waals surface area contributed by atoms with Crippen molar-refractivity contribution in [3.8, 4) is 0 Å². The quantitative estimate of drug-likeness (QED) is 0.707. The molecule has 1 aliphatic rings. The summed E-state index contributed by atoms with van der Waals surface area (Å²) in [7, 11) is 0. The van der Waals surface area contributed by atoms with Crippen LogP contribution in [0.4, 0.5) is 15.8 Å². The van der Waals surface area contributed by atoms with Crippen molar-refractivity contribution in [2.75, 3.05) is 11.9 Å². The SMILES string of the molecule is O=C(c1ccc(Nc2ccc(F)c(Cl)c2)cn1)N1CCc2ccccc2C1. The Kier molecular flexibility index (Phi) is 4.77. The zero-order valence-electron chi connectivity index (χ0n) is 14.5. The minimum absolute atomic E-state index is 0.0464. The highest BCUT2D eigenvalue weighted by atomic mass is 35.5. The number of fused-ring (bicyclic) bond motifs is 1. The molecule has 4 nitrogen and oxygen atoms in total. The molecule has 1 N–H and O–H groups in total. The number of carbonyl (C=O) groups excluding carboxylic acids is 1. The maximum atomic E-state index is 13.2. The molecular formula is C21H17ClFN3O. The topological polar surface area (TPSA) is 45.2 Å². The van der Waals surface area contributed by atoms with Crippen LogP contribution in [0.1, 0.15) is 21.6 Å². The van der Waals surface area contributed by atoms with E-state index in [4.69, 9.17) is 11.6 Å². The van der Waals surface area contributed by atoms with Crippen LogP contribution in [0.2, 0.25) is 5.02 Å². The monoisotopic (exact) mass is 381 g/mol. The van der Waals surface area contributed by atoms with E-state index in [2.05, 4.69) is 22.4 Å². The van der Waals surface area contributed by atoms with Gasteiger partial charge >= 0.3 is 0 Å². The number of pyridine rings is 1. The number of benzene rings is 2. The zero-order chi connectivity index (χ0) is 18.8. The molecule has 2 aromatic carbocycles. The zero-order valence-corrected chi connectivity index (χ0v) is 15.2. The third-order valence-corrected chi connectivity index (χ3v) is 4.90. The van der Waals surface area contributed by atoms with Crippen molar-refractivity contribution in [1.82, 2.24) is 9.88 Å². The van der Waals surface area contributed by atoms with E-state index in [0.29, 0.717) is 30.2 Å². The Hall–Kier alpha value is -2.92. The fourth-order valence-corrected chi connectivity index (χ4v) is 3.35. The predicted octanol–water partition coefficient (Wildman–Crippen LogP) is 4.82. The summed E-state index contributed by atoms with van der Waals surface area (Å²) in [6, 6.07) is 16.0. The van der Waals surface area contributed by atoms with Gasteiger partial charge in [-0.15, -0.1) is 0 Å². The van der Waals surface area contributed by atoms with E-state index in [1.54, 1.807) is 24.4 Å². The molecule has 0 saturated heterocycles. The van der Waals surface area contributed by atoms with Crippen LogP contribution in [0, 0.1) is 5.82 Å². The van der Waals surface area contributed by atoms with E-state index in [-0.39, 0.29) is 10.9 Å². The lowest BCUT2D eigenvalue weighted by Crippen LogP contribution is -2.36. The maximum Gasteiger partial charge on any atom is 0.272 e. The Morgan fingerprint density at radius 1 is 1.07 bits per heavy atom. The molecule has 136 valence electrons. The normalized spacial score (nSPS) is 13.2. The van der Waals surface area contributed by atoms with Crippen LogP contribution in [-0.4, -0.2) is 22.3 Å². The van der Waals surface area contributed by atoms with Gasteiger partial charge in [0.05, 0.1) is 16.9 Å². The van der Waals surface area contributed by atoms with Crippen LogP contribution in [0.15, 0.2) is 60.8 Å². The van der Waals surface area contributed by atoms with Gasteiger partial charge in [-0.2, -0.15) is 0 Å². The Labute approximate surface area is 161 Å². The molecular weight excluding hydrogens is 365 g/mol. The smallest absolute Gasteiger partial charge is 0.272 e. The second-order valence-corrected chi connectivity index (χ2v) is 6.84. The predicted molar refractivity (Wildman–Crippen MR) is 104 cm³/mol. The number of amides is 1. The molecule has 27 heavy (non-hydrogen) atoms. The first-order valence-electron chi connectivity index (χ1n) is 8.64. The Morgan fingerprint density at radius 3 is 2.59 bits per heavy atom. The molecule has 1 aliphatic heterocycles. The van der Waals surface area contributed by atoms with Gasteiger partial charge in [0.15, 0.2) is 0 Å². The third kappa shape index (κ3) is 3.78. The van der Waals surface area contributed by atoms with Gasteiger partial charge in [0.1, 0.15) is 11.5 Å². The number of aromatic nitrogens is 1. The molecule has 0 aliphatic carbocycles. The van der Waals surface area contributed by atoms with Gasteiger partial charge in [0.25, 0.3) is 5.91 Å². The van der Waals surface area contributed by atoms with Crippen molar-refractivity contribution in [2.45, 2.75) is 13.0 Å². The number of carbonyl (C=O) groups is 1. The average molecular weight is 382 g/mol. The van der Waals surface area contributed by atoms with Crippen LogP contribution < -0.4 is 5.32 Å². The summed E-state index contributed by atoms with van der Waals surface area (Å²) >= 11 is 5.79. The molecule has 1 aromatic heterocycles. The molecule has 0 radical (unpaired) electrons. The molecule has 6 heteroatoms. The lowest BCUT2D eigenvalue weighted by molar-refractivity contribution is 0.0729. The first-order valence-corrected chi connectivity index (χ1v) is 9.02. The number of nitrogens with one attached hydrogen (secondary N) is 1. The molecule has 2 heterocycles. The molecule has 0 saturated carbocycles. The van der Waals surface area contributed by atoms with Gasteiger partial charge in [0.2, 0.25) is 0 Å². The molecule has 0 atom stereocenters. The summed E-state index contributed by atoms with van der Waals surface area (Å²) in [5.41, 5.74) is 4.22. The average Bonchev–Trinajstić information content (AvgIpc) is 2.70. The molecule has 0 bridgehead atoms. The molecule has 0 fully saturated rings. The van der Waals surface area contributed by atoms with Crippen molar-refractivity contribution in [3.05, 3.63) is 88.5 Å². The van der Waals surface area contributed by atoms with Crippen LogP contribution in [0.25, 0.3) is 0 Å². The van der Waals surface area contributed by atoms with Gasteiger partial charge in [-0.05, 0) is 47.9 Å². The lowest BCUT2D eigenvalue weighted by atomic mass is 10.00. The van der Waals surface area contributed by atoms with Gasteiger partial charge in [-0.1, -0.05) is 35.9 Å². The van der Waals surface area contributed by atoms with Crippen LogP contribution in [-0.2, 0) is 13.0 Å². The number of rotatable bonds is 3. The molecule has 1 amide bonds. The molecule has 0 unspecified atom stereocenters. The van der Waals surface area contributed by atoms with Gasteiger partial charge in [-0.25, -0.2) is 9.37 Å². The van der Waals surface area contributed by atoms with Gasteiger partial charge < -0.3 is 10.2 Å². The Morgan fingerprint density at radius 2 is 1.85 bits per heavy atom. The van der Waals surface area contributed by atoms with Crippen molar-refractivity contribution in [1.29, 1.82) is 0 Å². The number of anilines is 2. The third-order valence-electron chi connectivity index (χ3n) is 4.61. The first kappa shape index (κ1) is 17.5. The number of halogens is 2. The van der Waals surface area contributed by atoms with Crippen LogP contribution in [0.3, 0.4) is 0 Å². The van der Waals surface area contributed by atoms with Crippen LogP contribution in [0.5, 0.6) is 0 Å². The van der Waals surface area contributed by atoms with E-state index in [1.807, 2.05) is 17.0 Å². The maximum absolute atomic E-state index is 13.2. The summed E-state index contributed by atoms with van der Waals surface area (Å²) in [4.78, 5) is 18.8. The van der Waals surface area contributed by atoms with Crippen molar-refractivity contribution < 1.29 is 9.18 Å². The number of hydrogen-bond donors (Lipinski definition) is 1. The molecule has 4 rings (SSSR count). The highest BCUT2D eigenvalue weighted by molar-refractivity contribution is 6.31. The highest BCUT2D eigenvalue weighted by Gasteiger charge is 2.22. The van der Waals surface area contributed by atoms with E-state index < -0.39 is 5.82 Å². The van der Waals surface area contributed by atoms with Crippen molar-refractivity contribution >= 4 is 28.9 Å². The van der Waals surface area contributed by atoms with E-state index in [1.165, 1.54) is 23.3 Å². The number of nitrogens with zero attached hydrogens (tertiary/aromatic N) is 2. The van der Waals surface area contributed by atoms with Gasteiger partial charge in [-0.3, -0.25) is 4.79 Å². The summed E-state index contributed by atoms with van der Waals surface area (Å²) < 4.78 is 13.2. The summed E-state index contributed by atoms with van der Waals surface area (Å²) in [5, 5.41) is 3.14. The number of hydrogen-bond acceptors (Lipinski definition) is 3. The standard InChI is InChI=1S/C21H17ClFN3O/c22-18-11-16(5-7-19(18)23)25-17-6-8-20(24-12-17)21(27)26-10-9-14-3-1-2-4-15(14)13-26/h1-8,11-12,25H,9-10,13H2. The van der Waals surface area contributed by atoms with Crippen molar-refractivity contribution in [3.63, 3.8) is 0 Å². The molecule has 3 aromatic rings. The van der Waals surface area contributed by atoms with E-state index >= 15 is 0 Å².